The number of benzene rings is 2. The average molecular weight is 538 g/mol. The van der Waals surface area contributed by atoms with Crippen LogP contribution >= 0.6 is 11.3 Å². The number of nitrogens with one attached hydrogen (secondary N) is 2. The van der Waals surface area contributed by atoms with Gasteiger partial charge in [-0.05, 0) is 88.0 Å². The topological polar surface area (TPSA) is 61.7 Å². The first kappa shape index (κ1) is 25.4. The zero-order chi connectivity index (χ0) is 26.2. The fourth-order valence-electron chi connectivity index (χ4n) is 5.74. The molecule has 2 saturated heterocycles. The summed E-state index contributed by atoms with van der Waals surface area (Å²) in [5, 5.41) is 6.43. The number of thiazole rings is 1. The number of carbonyl (C=O) groups excluding carboxylic acids is 1. The third-order valence-electron chi connectivity index (χ3n) is 7.91. The predicted octanol–water partition coefficient (Wildman–Crippen LogP) is 5.64. The molecule has 0 bridgehead atoms. The van der Waals surface area contributed by atoms with Crippen LogP contribution in [0.1, 0.15) is 59.8 Å². The third-order valence-corrected chi connectivity index (χ3v) is 8.91. The molecule has 200 valence electrons. The number of alkyl halides is 1. The highest BCUT2D eigenvalue weighted by Gasteiger charge is 2.22. The molecule has 2 N–H and O–H groups in total. The summed E-state index contributed by atoms with van der Waals surface area (Å²) in [6, 6.07) is 11.4. The minimum Gasteiger partial charge on any atom is -0.352 e. The molecule has 6 nitrogen and oxygen atoms in total. The van der Waals surface area contributed by atoms with Crippen molar-refractivity contribution in [2.24, 2.45) is 0 Å². The number of hydrogen-bond donors (Lipinski definition) is 2. The molecule has 2 aliphatic rings. The van der Waals surface area contributed by atoms with Crippen molar-refractivity contribution in [3.63, 3.8) is 0 Å². The molecule has 0 spiro atoms. The lowest BCUT2D eigenvalue weighted by atomic mass is 10.0. The van der Waals surface area contributed by atoms with E-state index in [4.69, 9.17) is 4.98 Å². The molecule has 6 rings (SSSR count). The van der Waals surface area contributed by atoms with E-state index in [-0.39, 0.29) is 17.8 Å². The fraction of sp³-hybridized carbons (Fsp3) is 0.448. The Hall–Kier alpha value is -2.88. The number of piperidine rings is 1. The van der Waals surface area contributed by atoms with Gasteiger partial charge in [-0.25, -0.2) is 13.8 Å². The first-order chi connectivity index (χ1) is 18.5. The number of amides is 1. The van der Waals surface area contributed by atoms with Gasteiger partial charge in [-0.15, -0.1) is 0 Å². The maximum atomic E-state index is 15.2. The van der Waals surface area contributed by atoms with Crippen LogP contribution in [0.15, 0.2) is 36.4 Å². The van der Waals surface area contributed by atoms with Crippen LogP contribution in [0.2, 0.25) is 0 Å². The second kappa shape index (κ2) is 10.7. The van der Waals surface area contributed by atoms with Crippen molar-refractivity contribution in [2.75, 3.05) is 32.7 Å². The summed E-state index contributed by atoms with van der Waals surface area (Å²) in [5.74, 6) is -0.350. The summed E-state index contributed by atoms with van der Waals surface area (Å²) < 4.78 is 31.5. The van der Waals surface area contributed by atoms with Crippen molar-refractivity contribution in [3.05, 3.63) is 59.0 Å². The number of hydrogen-bond acceptors (Lipinski definition) is 5. The number of carbonyl (C=O) groups is 1. The molecule has 38 heavy (non-hydrogen) atoms. The van der Waals surface area contributed by atoms with Crippen LogP contribution in [0, 0.1) is 12.7 Å². The van der Waals surface area contributed by atoms with Gasteiger partial charge in [-0.2, -0.15) is 0 Å². The van der Waals surface area contributed by atoms with E-state index in [1.807, 2.05) is 41.7 Å². The van der Waals surface area contributed by atoms with E-state index >= 15 is 4.39 Å². The van der Waals surface area contributed by atoms with Crippen LogP contribution in [0.25, 0.3) is 26.4 Å². The molecule has 2 aliphatic heterocycles. The van der Waals surface area contributed by atoms with Crippen molar-refractivity contribution in [2.45, 2.75) is 51.2 Å². The van der Waals surface area contributed by atoms with E-state index in [0.717, 1.165) is 71.9 Å². The average Bonchev–Trinajstić information content (AvgIpc) is 3.64. The molecule has 4 aromatic rings. The Bertz CT molecular complexity index is 1470. The minimum absolute atomic E-state index is 0.100. The molecule has 0 saturated carbocycles. The van der Waals surface area contributed by atoms with Gasteiger partial charge in [0.05, 0.1) is 15.9 Å². The minimum atomic E-state index is -0.664. The second-order valence-electron chi connectivity index (χ2n) is 10.5. The van der Waals surface area contributed by atoms with Crippen molar-refractivity contribution >= 4 is 32.4 Å². The molecule has 1 atom stereocenters. The summed E-state index contributed by atoms with van der Waals surface area (Å²) in [4.78, 5) is 20.6. The lowest BCUT2D eigenvalue weighted by molar-refractivity contribution is 0.0950. The quantitative estimate of drug-likeness (QED) is 0.300. The van der Waals surface area contributed by atoms with E-state index < -0.39 is 6.17 Å². The van der Waals surface area contributed by atoms with Gasteiger partial charge in [0, 0.05) is 42.5 Å². The maximum absolute atomic E-state index is 15.2. The third kappa shape index (κ3) is 4.95. The van der Waals surface area contributed by atoms with E-state index in [1.54, 1.807) is 6.07 Å². The summed E-state index contributed by atoms with van der Waals surface area (Å²) in [6.07, 6.45) is 3.54. The summed E-state index contributed by atoms with van der Waals surface area (Å²) >= 11 is 1.50. The normalized spacial score (nSPS) is 19.1. The van der Waals surface area contributed by atoms with Gasteiger partial charge in [0.1, 0.15) is 12.0 Å². The Morgan fingerprint density at radius 3 is 2.79 bits per heavy atom. The molecule has 2 fully saturated rings. The predicted molar refractivity (Wildman–Crippen MR) is 148 cm³/mol. The van der Waals surface area contributed by atoms with E-state index in [9.17, 15) is 9.18 Å². The van der Waals surface area contributed by atoms with Crippen molar-refractivity contribution < 1.29 is 13.6 Å². The highest BCUT2D eigenvalue weighted by Crippen LogP contribution is 2.35. The molecule has 2 aromatic heterocycles. The van der Waals surface area contributed by atoms with Gasteiger partial charge in [0.25, 0.3) is 5.91 Å². The van der Waals surface area contributed by atoms with E-state index in [2.05, 4.69) is 15.5 Å². The molecule has 0 aliphatic carbocycles. The Kier molecular flexibility index (Phi) is 7.16. The van der Waals surface area contributed by atoms with Gasteiger partial charge in [-0.1, -0.05) is 17.4 Å². The number of halogens is 2. The summed E-state index contributed by atoms with van der Waals surface area (Å²) in [7, 11) is 0. The van der Waals surface area contributed by atoms with Crippen LogP contribution < -0.4 is 10.6 Å². The summed E-state index contributed by atoms with van der Waals surface area (Å²) in [5.41, 5.74) is 4.60. The van der Waals surface area contributed by atoms with Gasteiger partial charge in [-0.3, -0.25) is 9.20 Å². The molecular formula is C29H33F2N5OS. The Morgan fingerprint density at radius 1 is 1.18 bits per heavy atom. The maximum Gasteiger partial charge on any atom is 0.251 e. The summed E-state index contributed by atoms with van der Waals surface area (Å²) in [6.45, 7) is 5.99. The Morgan fingerprint density at radius 2 is 2.03 bits per heavy atom. The van der Waals surface area contributed by atoms with Crippen molar-refractivity contribution in [1.29, 1.82) is 0 Å². The fourth-order valence-corrected chi connectivity index (χ4v) is 6.85. The smallest absolute Gasteiger partial charge is 0.251 e. The number of fused-ring (bicyclic) bond motifs is 3. The number of aryl methyl sites for hydroxylation is 1. The molecule has 1 amide bonds. The molecule has 4 heterocycles. The number of nitrogens with zero attached hydrogens (tertiary/aromatic N) is 3. The van der Waals surface area contributed by atoms with E-state index in [0.29, 0.717) is 36.2 Å². The van der Waals surface area contributed by atoms with Crippen LogP contribution in [0.4, 0.5) is 8.78 Å². The Balaban J connectivity index is 1.15. The van der Waals surface area contributed by atoms with Crippen LogP contribution in [0.3, 0.4) is 0 Å². The zero-order valence-electron chi connectivity index (χ0n) is 21.6. The SMILES string of the molecule is Cc1c(-c2ccc([C@H]3CCCN3)cc2F)nc2sc3cc(C(=O)NCCCN4CCC(F)CC4)ccc3n12. The number of rotatable bonds is 7. The number of likely N-dealkylation sites (tertiary alicyclic amines) is 1. The van der Waals surface area contributed by atoms with Gasteiger partial charge in [0.15, 0.2) is 4.96 Å². The van der Waals surface area contributed by atoms with Crippen LogP contribution in [-0.4, -0.2) is 59.1 Å². The highest BCUT2D eigenvalue weighted by molar-refractivity contribution is 7.23. The lowest BCUT2D eigenvalue weighted by Crippen LogP contribution is -2.36. The highest BCUT2D eigenvalue weighted by atomic mass is 32.1. The molecule has 2 aromatic carbocycles. The number of imidazole rings is 1. The van der Waals surface area contributed by atoms with Gasteiger partial charge < -0.3 is 15.5 Å². The second-order valence-corrected chi connectivity index (χ2v) is 11.5. The lowest BCUT2D eigenvalue weighted by Gasteiger charge is -2.28. The molecular weight excluding hydrogens is 504 g/mol. The van der Waals surface area contributed by atoms with Gasteiger partial charge >= 0.3 is 0 Å². The zero-order valence-corrected chi connectivity index (χ0v) is 22.4. The molecule has 0 unspecified atom stereocenters. The van der Waals surface area contributed by atoms with Gasteiger partial charge in [0.2, 0.25) is 0 Å². The monoisotopic (exact) mass is 537 g/mol. The largest absolute Gasteiger partial charge is 0.352 e. The standard InChI is InChI=1S/C29H33F2N5OS/c1-18-27(22-7-5-19(16-23(22)31)24-4-2-11-32-24)34-29-36(18)25-8-6-20(17-26(25)38-29)28(37)33-12-3-13-35-14-9-21(30)10-15-35/h5-8,16-17,21,24,32H,2-4,9-15H2,1H3,(H,33,37)/t24-/m1/s1. The van der Waals surface area contributed by atoms with E-state index in [1.165, 1.54) is 11.3 Å². The van der Waals surface area contributed by atoms with Crippen LogP contribution in [0.5, 0.6) is 0 Å². The van der Waals surface area contributed by atoms with Crippen LogP contribution in [-0.2, 0) is 0 Å². The molecule has 0 radical (unpaired) electrons. The van der Waals surface area contributed by atoms with Crippen molar-refractivity contribution in [1.82, 2.24) is 24.9 Å². The first-order valence-corrected chi connectivity index (χ1v) is 14.4. The number of aromatic nitrogens is 2. The van der Waals surface area contributed by atoms with Crippen molar-refractivity contribution in [3.8, 4) is 11.3 Å². The first-order valence-electron chi connectivity index (χ1n) is 13.6. The molecule has 9 heteroatoms. The Labute approximate surface area is 225 Å².